The van der Waals surface area contributed by atoms with E-state index < -0.39 is 10.7 Å². The number of fused-ring (bicyclic) bond motifs is 1. The highest BCUT2D eigenvalue weighted by molar-refractivity contribution is 6.30. The molecule has 1 amide bonds. The van der Waals surface area contributed by atoms with Crippen LogP contribution in [0.15, 0.2) is 91.1 Å². The summed E-state index contributed by atoms with van der Waals surface area (Å²) in [5.74, 6) is -0.616. The van der Waals surface area contributed by atoms with Gasteiger partial charge in [-0.05, 0) is 65.7 Å². The molecule has 206 valence electrons. The van der Waals surface area contributed by atoms with Gasteiger partial charge in [0.1, 0.15) is 11.5 Å². The molecule has 3 heterocycles. The molecule has 10 heteroatoms. The van der Waals surface area contributed by atoms with Gasteiger partial charge in [0.2, 0.25) is 0 Å². The van der Waals surface area contributed by atoms with Gasteiger partial charge in [-0.15, -0.1) is 0 Å². The Morgan fingerprint density at radius 2 is 1.63 bits per heavy atom. The van der Waals surface area contributed by atoms with E-state index in [9.17, 15) is 19.3 Å². The predicted molar refractivity (Wildman–Crippen MR) is 155 cm³/mol. The van der Waals surface area contributed by atoms with Gasteiger partial charge in [0.25, 0.3) is 11.6 Å². The van der Waals surface area contributed by atoms with E-state index in [0.717, 1.165) is 33.7 Å². The Kier molecular flexibility index (Phi) is 7.21. The van der Waals surface area contributed by atoms with Gasteiger partial charge in [0, 0.05) is 67.2 Å². The first-order chi connectivity index (χ1) is 19.9. The van der Waals surface area contributed by atoms with Crippen molar-refractivity contribution < 1.29 is 14.1 Å². The number of piperazine rings is 1. The van der Waals surface area contributed by atoms with Crippen LogP contribution in [-0.4, -0.2) is 56.2 Å². The van der Waals surface area contributed by atoms with Crippen molar-refractivity contribution in [3.05, 3.63) is 123 Å². The van der Waals surface area contributed by atoms with Gasteiger partial charge >= 0.3 is 0 Å². The van der Waals surface area contributed by atoms with E-state index in [0.29, 0.717) is 43.3 Å². The molecule has 0 radical (unpaired) electrons. The van der Waals surface area contributed by atoms with Gasteiger partial charge in [-0.2, -0.15) is 0 Å². The van der Waals surface area contributed by atoms with Gasteiger partial charge in [-0.25, -0.2) is 9.37 Å². The summed E-state index contributed by atoms with van der Waals surface area (Å²) in [5, 5.41) is 11.9. The molecule has 1 saturated heterocycles. The SMILES string of the molecule is O=C(c1cccc(F)c1)N1CCN(Cc2c(-c3ccc([N+](=O)[O-])cc3)nc3ccc(-c4cccc(Cl)c4)cn23)CC1. The molecule has 0 aliphatic carbocycles. The van der Waals surface area contributed by atoms with E-state index in [4.69, 9.17) is 16.6 Å². The van der Waals surface area contributed by atoms with E-state index in [1.165, 1.54) is 24.3 Å². The summed E-state index contributed by atoms with van der Waals surface area (Å²) in [4.78, 5) is 32.6. The van der Waals surface area contributed by atoms with E-state index in [-0.39, 0.29) is 11.6 Å². The van der Waals surface area contributed by atoms with Gasteiger partial charge < -0.3 is 9.30 Å². The number of hydrogen-bond acceptors (Lipinski definition) is 5. The fourth-order valence-electron chi connectivity index (χ4n) is 5.18. The van der Waals surface area contributed by atoms with Crippen molar-refractivity contribution in [1.29, 1.82) is 0 Å². The molecule has 1 aliphatic heterocycles. The lowest BCUT2D eigenvalue weighted by atomic mass is 10.1. The number of halogens is 2. The van der Waals surface area contributed by atoms with E-state index in [1.807, 2.05) is 42.6 Å². The third-order valence-electron chi connectivity index (χ3n) is 7.33. The monoisotopic (exact) mass is 569 g/mol. The molecular weight excluding hydrogens is 545 g/mol. The zero-order valence-corrected chi connectivity index (χ0v) is 22.7. The molecule has 0 saturated carbocycles. The molecule has 0 unspecified atom stereocenters. The average Bonchev–Trinajstić information content (AvgIpc) is 3.34. The summed E-state index contributed by atoms with van der Waals surface area (Å²) in [6.07, 6.45) is 2.03. The highest BCUT2D eigenvalue weighted by atomic mass is 35.5. The first-order valence-electron chi connectivity index (χ1n) is 13.1. The molecule has 0 bridgehead atoms. The van der Waals surface area contributed by atoms with E-state index in [1.54, 1.807) is 29.2 Å². The number of amides is 1. The van der Waals surface area contributed by atoms with Crippen LogP contribution in [0.5, 0.6) is 0 Å². The number of carbonyl (C=O) groups excluding carboxylic acids is 1. The molecule has 0 N–H and O–H groups in total. The first-order valence-corrected chi connectivity index (χ1v) is 13.5. The van der Waals surface area contributed by atoms with Crippen LogP contribution in [0, 0.1) is 15.9 Å². The number of nitrogens with zero attached hydrogens (tertiary/aromatic N) is 5. The molecule has 6 rings (SSSR count). The van der Waals surface area contributed by atoms with Crippen LogP contribution in [0.2, 0.25) is 5.02 Å². The molecule has 0 atom stereocenters. The van der Waals surface area contributed by atoms with Crippen molar-refractivity contribution in [2.24, 2.45) is 0 Å². The van der Waals surface area contributed by atoms with Crippen molar-refractivity contribution in [3.8, 4) is 22.4 Å². The lowest BCUT2D eigenvalue weighted by Crippen LogP contribution is -2.48. The number of pyridine rings is 1. The Morgan fingerprint density at radius 1 is 0.902 bits per heavy atom. The van der Waals surface area contributed by atoms with Crippen LogP contribution < -0.4 is 0 Å². The van der Waals surface area contributed by atoms with Crippen molar-refractivity contribution in [2.75, 3.05) is 26.2 Å². The number of carbonyl (C=O) groups is 1. The zero-order chi connectivity index (χ0) is 28.5. The number of nitro benzene ring substituents is 1. The Bertz CT molecular complexity index is 1760. The second kappa shape index (κ2) is 11.1. The maximum Gasteiger partial charge on any atom is 0.269 e. The summed E-state index contributed by atoms with van der Waals surface area (Å²) >= 11 is 6.25. The minimum Gasteiger partial charge on any atom is -0.336 e. The van der Waals surface area contributed by atoms with Crippen LogP contribution in [0.3, 0.4) is 0 Å². The number of imidazole rings is 1. The second-order valence-corrected chi connectivity index (χ2v) is 10.4. The normalized spacial score (nSPS) is 14.0. The van der Waals surface area contributed by atoms with Crippen molar-refractivity contribution in [2.45, 2.75) is 6.54 Å². The molecule has 8 nitrogen and oxygen atoms in total. The molecule has 41 heavy (non-hydrogen) atoms. The van der Waals surface area contributed by atoms with Crippen molar-refractivity contribution in [1.82, 2.24) is 19.2 Å². The minimum atomic E-state index is -0.432. The third-order valence-corrected chi connectivity index (χ3v) is 7.57. The molecule has 5 aromatic rings. The average molecular weight is 570 g/mol. The van der Waals surface area contributed by atoms with Crippen molar-refractivity contribution in [3.63, 3.8) is 0 Å². The number of hydrogen-bond donors (Lipinski definition) is 0. The smallest absolute Gasteiger partial charge is 0.269 e. The minimum absolute atomic E-state index is 0.0152. The Balaban J connectivity index is 1.31. The summed E-state index contributed by atoms with van der Waals surface area (Å²) in [7, 11) is 0. The largest absolute Gasteiger partial charge is 0.336 e. The molecule has 3 aromatic carbocycles. The van der Waals surface area contributed by atoms with Crippen LogP contribution in [-0.2, 0) is 6.54 Å². The summed E-state index contributed by atoms with van der Waals surface area (Å²) in [6, 6.07) is 23.8. The van der Waals surface area contributed by atoms with Crippen LogP contribution in [0.25, 0.3) is 28.0 Å². The fourth-order valence-corrected chi connectivity index (χ4v) is 5.37. The van der Waals surface area contributed by atoms with Crippen molar-refractivity contribution >= 4 is 28.8 Å². The highest BCUT2D eigenvalue weighted by Gasteiger charge is 2.25. The first kappa shape index (κ1) is 26.6. The topological polar surface area (TPSA) is 84.0 Å². The number of rotatable bonds is 6. The third kappa shape index (κ3) is 5.54. The summed E-state index contributed by atoms with van der Waals surface area (Å²) in [5.41, 5.74) is 5.50. The predicted octanol–water partition coefficient (Wildman–Crippen LogP) is 6.33. The Morgan fingerprint density at radius 3 is 2.34 bits per heavy atom. The molecule has 0 spiro atoms. The van der Waals surface area contributed by atoms with Crippen LogP contribution in [0.1, 0.15) is 16.1 Å². The second-order valence-electron chi connectivity index (χ2n) is 9.95. The van der Waals surface area contributed by atoms with Gasteiger partial charge in [-0.1, -0.05) is 29.8 Å². The van der Waals surface area contributed by atoms with Crippen LogP contribution >= 0.6 is 11.6 Å². The molecule has 2 aromatic heterocycles. The maximum absolute atomic E-state index is 13.7. The van der Waals surface area contributed by atoms with Gasteiger partial charge in [-0.3, -0.25) is 19.8 Å². The van der Waals surface area contributed by atoms with E-state index in [2.05, 4.69) is 9.30 Å². The van der Waals surface area contributed by atoms with Gasteiger partial charge in [0.15, 0.2) is 0 Å². The zero-order valence-electron chi connectivity index (χ0n) is 21.9. The lowest BCUT2D eigenvalue weighted by Gasteiger charge is -2.34. The molecular formula is C31H25ClFN5O3. The lowest BCUT2D eigenvalue weighted by molar-refractivity contribution is -0.384. The molecule has 1 aliphatic rings. The summed E-state index contributed by atoms with van der Waals surface area (Å²) < 4.78 is 15.7. The maximum atomic E-state index is 13.7. The Hall–Kier alpha value is -4.60. The van der Waals surface area contributed by atoms with Crippen LogP contribution in [0.4, 0.5) is 10.1 Å². The number of aromatic nitrogens is 2. The number of non-ortho nitro benzene ring substituents is 1. The highest BCUT2D eigenvalue weighted by Crippen LogP contribution is 2.30. The number of benzene rings is 3. The Labute approximate surface area is 240 Å². The summed E-state index contributed by atoms with van der Waals surface area (Å²) in [6.45, 7) is 2.82. The fraction of sp³-hybridized carbons (Fsp3) is 0.161. The van der Waals surface area contributed by atoms with Gasteiger partial charge in [0.05, 0.1) is 16.3 Å². The molecule has 1 fully saturated rings. The standard InChI is InChI=1S/C31H25ClFN5O3/c32-25-5-1-3-22(17-25)24-9-12-29-34-30(21-7-10-27(11-8-21)38(40)41)28(37(29)19-24)20-35-13-15-36(16-14-35)31(39)23-4-2-6-26(33)18-23/h1-12,17-19H,13-16,20H2. The van der Waals surface area contributed by atoms with E-state index >= 15 is 0 Å². The quantitative estimate of drug-likeness (QED) is 0.176. The number of nitro groups is 1.